The van der Waals surface area contributed by atoms with Gasteiger partial charge in [-0.3, -0.25) is 0 Å². The fraction of sp³-hybridized carbons (Fsp3) is 0.158. The van der Waals surface area contributed by atoms with Crippen molar-refractivity contribution in [3.05, 3.63) is 89.9 Å². The van der Waals surface area contributed by atoms with Gasteiger partial charge in [0.25, 0.3) is 0 Å². The van der Waals surface area contributed by atoms with Gasteiger partial charge in [-0.15, -0.1) is 0 Å². The maximum Gasteiger partial charge on any atom is 0.120 e. The molecule has 0 radical (unpaired) electrons. The van der Waals surface area contributed by atoms with Crippen molar-refractivity contribution in [2.45, 2.75) is 19.7 Å². The Morgan fingerprint density at radius 3 is 2.50 bits per heavy atom. The Bertz CT molecular complexity index is 678. The summed E-state index contributed by atoms with van der Waals surface area (Å²) in [6, 6.07) is 22.2. The van der Waals surface area contributed by atoms with Gasteiger partial charge in [0.2, 0.25) is 0 Å². The van der Waals surface area contributed by atoms with Gasteiger partial charge >= 0.3 is 0 Å². The van der Waals surface area contributed by atoms with Gasteiger partial charge in [-0.1, -0.05) is 42.5 Å². The highest BCUT2D eigenvalue weighted by molar-refractivity contribution is 5.29. The number of rotatable bonds is 7. The lowest BCUT2D eigenvalue weighted by atomic mass is 10.2. The summed E-state index contributed by atoms with van der Waals surface area (Å²) >= 11 is 0. The maximum absolute atomic E-state index is 5.84. The van der Waals surface area contributed by atoms with Crippen LogP contribution in [0.15, 0.2) is 77.4 Å². The first-order valence-electron chi connectivity index (χ1n) is 7.39. The topological polar surface area (TPSA) is 34.4 Å². The number of hydrogen-bond acceptors (Lipinski definition) is 3. The highest BCUT2D eigenvalue weighted by atomic mass is 16.5. The quantitative estimate of drug-likeness (QED) is 0.710. The third-order valence-corrected chi connectivity index (χ3v) is 3.36. The second-order valence-corrected chi connectivity index (χ2v) is 5.10. The van der Waals surface area contributed by atoms with Gasteiger partial charge in [-0.2, -0.15) is 0 Å². The van der Waals surface area contributed by atoms with Crippen LogP contribution in [0.5, 0.6) is 5.75 Å². The van der Waals surface area contributed by atoms with Crippen molar-refractivity contribution in [2.75, 3.05) is 0 Å². The average molecular weight is 293 g/mol. The monoisotopic (exact) mass is 293 g/mol. The average Bonchev–Trinajstić information content (AvgIpc) is 3.08. The van der Waals surface area contributed by atoms with Crippen molar-refractivity contribution in [1.29, 1.82) is 0 Å². The molecule has 0 aliphatic rings. The molecule has 1 aromatic heterocycles. The molecule has 3 nitrogen and oxygen atoms in total. The van der Waals surface area contributed by atoms with Gasteiger partial charge in [0.05, 0.1) is 12.8 Å². The summed E-state index contributed by atoms with van der Waals surface area (Å²) in [5, 5.41) is 3.36. The number of furan rings is 1. The minimum Gasteiger partial charge on any atom is -0.489 e. The molecule has 1 N–H and O–H groups in total. The summed E-state index contributed by atoms with van der Waals surface area (Å²) in [6.45, 7) is 2.09. The van der Waals surface area contributed by atoms with E-state index in [4.69, 9.17) is 9.15 Å². The molecule has 112 valence electrons. The van der Waals surface area contributed by atoms with Gasteiger partial charge in [0, 0.05) is 6.54 Å². The van der Waals surface area contributed by atoms with E-state index in [1.807, 2.05) is 42.5 Å². The van der Waals surface area contributed by atoms with Crippen LogP contribution in [-0.2, 0) is 19.7 Å². The minimum absolute atomic E-state index is 0.587. The van der Waals surface area contributed by atoms with Crippen LogP contribution in [0.1, 0.15) is 16.9 Å². The normalized spacial score (nSPS) is 10.5. The Labute approximate surface area is 130 Å². The van der Waals surface area contributed by atoms with E-state index in [0.29, 0.717) is 6.61 Å². The SMILES string of the molecule is c1ccc(COc2cccc(CNCc3ccco3)c2)cc1. The third kappa shape index (κ3) is 4.24. The van der Waals surface area contributed by atoms with Crippen LogP contribution in [0.3, 0.4) is 0 Å². The molecular weight excluding hydrogens is 274 g/mol. The lowest BCUT2D eigenvalue weighted by molar-refractivity contribution is 0.306. The molecule has 0 bridgehead atoms. The molecule has 3 rings (SSSR count). The Balaban J connectivity index is 1.51. The zero-order valence-corrected chi connectivity index (χ0v) is 12.4. The number of ether oxygens (including phenoxy) is 1. The van der Waals surface area contributed by atoms with Gasteiger partial charge < -0.3 is 14.5 Å². The van der Waals surface area contributed by atoms with Crippen LogP contribution in [0.4, 0.5) is 0 Å². The number of hydrogen-bond donors (Lipinski definition) is 1. The molecule has 0 atom stereocenters. The fourth-order valence-electron chi connectivity index (χ4n) is 2.23. The summed E-state index contributed by atoms with van der Waals surface area (Å²) in [4.78, 5) is 0. The smallest absolute Gasteiger partial charge is 0.120 e. The Hall–Kier alpha value is -2.52. The molecule has 0 aliphatic heterocycles. The molecular formula is C19H19NO2. The van der Waals surface area contributed by atoms with Gasteiger partial charge in [0.1, 0.15) is 18.1 Å². The predicted octanol–water partition coefficient (Wildman–Crippen LogP) is 4.15. The van der Waals surface area contributed by atoms with Crippen LogP contribution < -0.4 is 10.1 Å². The highest BCUT2D eigenvalue weighted by Gasteiger charge is 1.99. The fourth-order valence-corrected chi connectivity index (χ4v) is 2.23. The van der Waals surface area contributed by atoms with E-state index >= 15 is 0 Å². The zero-order chi connectivity index (χ0) is 15.0. The van der Waals surface area contributed by atoms with Crippen LogP contribution in [0.25, 0.3) is 0 Å². The molecule has 0 saturated heterocycles. The molecule has 0 amide bonds. The van der Waals surface area contributed by atoms with Crippen LogP contribution >= 0.6 is 0 Å². The van der Waals surface area contributed by atoms with Crippen molar-refractivity contribution < 1.29 is 9.15 Å². The molecule has 3 aromatic rings. The van der Waals surface area contributed by atoms with Crippen LogP contribution in [0, 0.1) is 0 Å². The van der Waals surface area contributed by atoms with E-state index in [0.717, 1.165) is 24.6 Å². The molecule has 0 fully saturated rings. The third-order valence-electron chi connectivity index (χ3n) is 3.36. The zero-order valence-electron chi connectivity index (χ0n) is 12.4. The number of nitrogens with one attached hydrogen (secondary N) is 1. The van der Waals surface area contributed by atoms with E-state index in [9.17, 15) is 0 Å². The Kier molecular flexibility index (Phi) is 4.90. The lowest BCUT2D eigenvalue weighted by Crippen LogP contribution is -2.12. The second-order valence-electron chi connectivity index (χ2n) is 5.10. The van der Waals surface area contributed by atoms with Crippen molar-refractivity contribution in [2.24, 2.45) is 0 Å². The molecule has 0 unspecified atom stereocenters. The van der Waals surface area contributed by atoms with E-state index < -0.39 is 0 Å². The summed E-state index contributed by atoms with van der Waals surface area (Å²) < 4.78 is 11.1. The molecule has 2 aromatic carbocycles. The van der Waals surface area contributed by atoms with E-state index in [1.165, 1.54) is 11.1 Å². The Morgan fingerprint density at radius 1 is 0.818 bits per heavy atom. The maximum atomic E-state index is 5.84. The summed E-state index contributed by atoms with van der Waals surface area (Å²) in [5.74, 6) is 1.83. The lowest BCUT2D eigenvalue weighted by Gasteiger charge is -2.09. The van der Waals surface area contributed by atoms with Crippen molar-refractivity contribution in [3.8, 4) is 5.75 Å². The van der Waals surface area contributed by atoms with Crippen molar-refractivity contribution >= 4 is 0 Å². The first kappa shape index (κ1) is 14.4. The summed E-state index contributed by atoms with van der Waals surface area (Å²) in [6.07, 6.45) is 1.69. The van der Waals surface area contributed by atoms with E-state index in [2.05, 4.69) is 29.6 Å². The first-order valence-corrected chi connectivity index (χ1v) is 7.39. The molecule has 0 saturated carbocycles. The van der Waals surface area contributed by atoms with Crippen LogP contribution in [0.2, 0.25) is 0 Å². The van der Waals surface area contributed by atoms with Gasteiger partial charge in [0.15, 0.2) is 0 Å². The van der Waals surface area contributed by atoms with E-state index in [1.54, 1.807) is 6.26 Å². The van der Waals surface area contributed by atoms with Crippen molar-refractivity contribution in [3.63, 3.8) is 0 Å². The molecule has 0 spiro atoms. The minimum atomic E-state index is 0.587. The molecule has 0 aliphatic carbocycles. The largest absolute Gasteiger partial charge is 0.489 e. The number of benzene rings is 2. The standard InChI is InChI=1S/C19H19NO2/c1-2-6-16(7-3-1)15-22-18-9-4-8-17(12-18)13-20-14-19-10-5-11-21-19/h1-12,20H,13-15H2. The summed E-state index contributed by atoms with van der Waals surface area (Å²) in [7, 11) is 0. The Morgan fingerprint density at radius 2 is 1.68 bits per heavy atom. The van der Waals surface area contributed by atoms with E-state index in [-0.39, 0.29) is 0 Å². The summed E-state index contributed by atoms with van der Waals surface area (Å²) in [5.41, 5.74) is 2.36. The predicted molar refractivity (Wildman–Crippen MR) is 86.5 cm³/mol. The highest BCUT2D eigenvalue weighted by Crippen LogP contribution is 2.15. The molecule has 1 heterocycles. The first-order chi connectivity index (χ1) is 10.9. The van der Waals surface area contributed by atoms with Gasteiger partial charge in [-0.25, -0.2) is 0 Å². The van der Waals surface area contributed by atoms with Crippen LogP contribution in [-0.4, -0.2) is 0 Å². The second kappa shape index (κ2) is 7.48. The van der Waals surface area contributed by atoms with Gasteiger partial charge in [-0.05, 0) is 35.4 Å². The molecule has 3 heteroatoms. The molecule has 22 heavy (non-hydrogen) atoms. The van der Waals surface area contributed by atoms with Crippen molar-refractivity contribution in [1.82, 2.24) is 5.32 Å².